The minimum Gasteiger partial charge on any atom is -0.309 e. The third-order valence-corrected chi connectivity index (χ3v) is 11.6. The Morgan fingerprint density at radius 2 is 0.649 bits per heavy atom. The second-order valence-corrected chi connectivity index (χ2v) is 14.8. The van der Waals surface area contributed by atoms with E-state index in [-0.39, 0.29) is 0 Å². The fourth-order valence-electron chi connectivity index (χ4n) is 9.10. The normalized spacial score (nSPS) is 11.5. The molecule has 0 radical (unpaired) electrons. The van der Waals surface area contributed by atoms with Crippen molar-refractivity contribution in [2.45, 2.75) is 0 Å². The highest BCUT2D eigenvalue weighted by Gasteiger charge is 2.21. The van der Waals surface area contributed by atoms with Crippen LogP contribution in [0.4, 0.5) is 0 Å². The van der Waals surface area contributed by atoms with E-state index in [0.29, 0.717) is 0 Å². The summed E-state index contributed by atoms with van der Waals surface area (Å²) in [5, 5.41) is 7.54. The highest BCUT2D eigenvalue weighted by molar-refractivity contribution is 6.23. The van der Waals surface area contributed by atoms with Crippen molar-refractivity contribution in [1.82, 2.24) is 4.57 Å². The van der Waals surface area contributed by atoms with Gasteiger partial charge in [0.25, 0.3) is 0 Å². The molecule has 0 spiro atoms. The average Bonchev–Trinajstić information content (AvgIpc) is 3.64. The third kappa shape index (κ3) is 5.47. The van der Waals surface area contributed by atoms with Gasteiger partial charge >= 0.3 is 0 Å². The van der Waals surface area contributed by atoms with Crippen LogP contribution in [0.5, 0.6) is 0 Å². The Bertz CT molecular complexity index is 3140. The van der Waals surface area contributed by atoms with Crippen molar-refractivity contribution in [3.63, 3.8) is 0 Å². The molecule has 0 aliphatic heterocycles. The van der Waals surface area contributed by atoms with Crippen LogP contribution in [0.25, 0.3) is 105 Å². The molecule has 0 saturated heterocycles. The minimum atomic E-state index is 1.13. The predicted molar refractivity (Wildman–Crippen MR) is 243 cm³/mol. The van der Waals surface area contributed by atoms with E-state index < -0.39 is 0 Å². The first kappa shape index (κ1) is 32.9. The van der Waals surface area contributed by atoms with Gasteiger partial charge in [0.15, 0.2) is 0 Å². The Morgan fingerprint density at radius 3 is 1.18 bits per heavy atom. The van der Waals surface area contributed by atoms with Gasteiger partial charge in [-0.2, -0.15) is 0 Å². The van der Waals surface area contributed by atoms with Gasteiger partial charge in [-0.05, 0) is 108 Å². The van der Waals surface area contributed by atoms with Crippen molar-refractivity contribution < 1.29 is 0 Å². The Hall–Kier alpha value is -7.48. The topological polar surface area (TPSA) is 4.93 Å². The molecular formula is C56H37N. The molecule has 1 heterocycles. The summed E-state index contributed by atoms with van der Waals surface area (Å²) in [5.74, 6) is 0. The van der Waals surface area contributed by atoms with Crippen LogP contribution in [0.15, 0.2) is 224 Å². The zero-order chi connectivity index (χ0) is 37.7. The van der Waals surface area contributed by atoms with E-state index in [0.717, 1.165) is 5.69 Å². The maximum Gasteiger partial charge on any atom is 0.0547 e. The fraction of sp³-hybridized carbons (Fsp3) is 0. The van der Waals surface area contributed by atoms with Crippen LogP contribution in [0.2, 0.25) is 0 Å². The maximum absolute atomic E-state index is 2.45. The lowest BCUT2D eigenvalue weighted by Gasteiger charge is -2.19. The van der Waals surface area contributed by atoms with Crippen LogP contribution in [-0.4, -0.2) is 4.57 Å². The largest absolute Gasteiger partial charge is 0.309 e. The summed E-state index contributed by atoms with van der Waals surface area (Å²) < 4.78 is 2.45. The van der Waals surface area contributed by atoms with Gasteiger partial charge in [-0.25, -0.2) is 0 Å². The Labute approximate surface area is 332 Å². The number of nitrogens with zero attached hydrogens (tertiary/aromatic N) is 1. The summed E-state index contributed by atoms with van der Waals surface area (Å²) >= 11 is 0. The molecule has 0 fully saturated rings. The van der Waals surface area contributed by atoms with E-state index in [1.54, 1.807) is 0 Å². The molecule has 0 atom stereocenters. The maximum atomic E-state index is 2.45. The predicted octanol–water partition coefficient (Wildman–Crippen LogP) is 15.4. The van der Waals surface area contributed by atoms with Gasteiger partial charge in [-0.3, -0.25) is 0 Å². The molecule has 0 N–H and O–H groups in total. The van der Waals surface area contributed by atoms with Crippen LogP contribution < -0.4 is 0 Å². The zero-order valence-electron chi connectivity index (χ0n) is 31.3. The number of hydrogen-bond donors (Lipinski definition) is 0. The van der Waals surface area contributed by atoms with E-state index in [1.165, 1.54) is 99.0 Å². The van der Waals surface area contributed by atoms with Crippen molar-refractivity contribution in [3.05, 3.63) is 224 Å². The first-order valence-corrected chi connectivity index (χ1v) is 19.7. The monoisotopic (exact) mass is 723 g/mol. The van der Waals surface area contributed by atoms with Gasteiger partial charge in [-0.1, -0.05) is 194 Å². The molecule has 10 aromatic carbocycles. The summed E-state index contributed by atoms with van der Waals surface area (Å²) in [6.07, 6.45) is 0. The smallest absolute Gasteiger partial charge is 0.0547 e. The highest BCUT2D eigenvalue weighted by Crippen LogP contribution is 2.46. The van der Waals surface area contributed by atoms with Crippen LogP contribution in [0.1, 0.15) is 0 Å². The highest BCUT2D eigenvalue weighted by atomic mass is 15.0. The van der Waals surface area contributed by atoms with Gasteiger partial charge < -0.3 is 4.57 Å². The number of aromatic nitrogens is 1. The van der Waals surface area contributed by atoms with E-state index in [4.69, 9.17) is 0 Å². The van der Waals surface area contributed by atoms with Crippen LogP contribution >= 0.6 is 0 Å². The summed E-state index contributed by atoms with van der Waals surface area (Å²) in [4.78, 5) is 0. The van der Waals surface area contributed by atoms with Crippen molar-refractivity contribution in [1.29, 1.82) is 0 Å². The fourth-order valence-corrected chi connectivity index (χ4v) is 9.10. The zero-order valence-corrected chi connectivity index (χ0v) is 31.3. The minimum absolute atomic E-state index is 1.13. The Morgan fingerprint density at radius 1 is 0.246 bits per heavy atom. The van der Waals surface area contributed by atoms with Crippen molar-refractivity contribution >= 4 is 43.4 Å². The standard InChI is InChI=1S/C56H37N/c1-5-17-38(18-6-1)43-33-36-49-50(37-43)54(41-23-11-4-12-24-41)48-26-14-13-25-47(48)53(49)42-31-34-44(35-32-42)57-51-29-15-27-45(39-19-7-2-8-20-39)55(51)56-46(28-16-30-52(56)57)40-21-9-3-10-22-40/h1-37H. The van der Waals surface area contributed by atoms with Crippen molar-refractivity contribution in [2.24, 2.45) is 0 Å². The molecule has 1 heteroatoms. The lowest BCUT2D eigenvalue weighted by Crippen LogP contribution is -1.95. The van der Waals surface area contributed by atoms with E-state index in [9.17, 15) is 0 Å². The van der Waals surface area contributed by atoms with Crippen LogP contribution in [0.3, 0.4) is 0 Å². The average molecular weight is 724 g/mol. The molecule has 0 amide bonds. The van der Waals surface area contributed by atoms with E-state index >= 15 is 0 Å². The molecule has 0 unspecified atom stereocenters. The van der Waals surface area contributed by atoms with E-state index in [2.05, 4.69) is 229 Å². The van der Waals surface area contributed by atoms with Gasteiger partial charge in [0.05, 0.1) is 11.0 Å². The number of rotatable bonds is 6. The molecule has 11 aromatic rings. The summed E-state index contributed by atoms with van der Waals surface area (Å²) in [6.45, 7) is 0. The Balaban J connectivity index is 1.15. The molecule has 1 nitrogen and oxygen atoms in total. The summed E-state index contributed by atoms with van der Waals surface area (Å²) in [5.41, 5.74) is 15.8. The molecule has 11 rings (SSSR count). The molecule has 0 bridgehead atoms. The molecular weight excluding hydrogens is 687 g/mol. The van der Waals surface area contributed by atoms with Gasteiger partial charge in [-0.15, -0.1) is 0 Å². The Kier molecular flexibility index (Phi) is 7.89. The molecule has 0 saturated carbocycles. The quantitative estimate of drug-likeness (QED) is 0.151. The lowest BCUT2D eigenvalue weighted by molar-refractivity contribution is 1.18. The summed E-state index contributed by atoms with van der Waals surface area (Å²) in [7, 11) is 0. The first-order valence-electron chi connectivity index (χ1n) is 19.7. The van der Waals surface area contributed by atoms with Crippen LogP contribution in [0, 0.1) is 0 Å². The van der Waals surface area contributed by atoms with Crippen molar-refractivity contribution in [3.8, 4) is 61.3 Å². The lowest BCUT2D eigenvalue weighted by atomic mass is 9.85. The molecule has 0 aliphatic rings. The van der Waals surface area contributed by atoms with Crippen molar-refractivity contribution in [2.75, 3.05) is 0 Å². The summed E-state index contributed by atoms with van der Waals surface area (Å²) in [6, 6.07) is 81.9. The molecule has 266 valence electrons. The van der Waals surface area contributed by atoms with E-state index in [1.807, 2.05) is 0 Å². The SMILES string of the molecule is c1ccc(-c2ccc3c(-c4ccc(-n5c6cccc(-c7ccccc7)c6c6c(-c7ccccc7)cccc65)cc4)c4ccccc4c(-c4ccccc4)c3c2)cc1. The van der Waals surface area contributed by atoms with Gasteiger partial charge in [0.1, 0.15) is 0 Å². The molecule has 0 aliphatic carbocycles. The first-order chi connectivity index (χ1) is 28.3. The molecule has 1 aromatic heterocycles. The second-order valence-electron chi connectivity index (χ2n) is 14.8. The van der Waals surface area contributed by atoms with Crippen LogP contribution in [-0.2, 0) is 0 Å². The van der Waals surface area contributed by atoms with Gasteiger partial charge in [0.2, 0.25) is 0 Å². The van der Waals surface area contributed by atoms with Gasteiger partial charge in [0, 0.05) is 16.5 Å². The molecule has 57 heavy (non-hydrogen) atoms. The number of fused-ring (bicyclic) bond motifs is 5. The second kappa shape index (κ2) is 13.7. The number of hydrogen-bond acceptors (Lipinski definition) is 0. The number of benzene rings is 10. The third-order valence-electron chi connectivity index (χ3n) is 11.6.